The second kappa shape index (κ2) is 10.1. The summed E-state index contributed by atoms with van der Waals surface area (Å²) in [5, 5.41) is 1.15. The van der Waals surface area contributed by atoms with E-state index in [-0.39, 0.29) is 17.2 Å². The summed E-state index contributed by atoms with van der Waals surface area (Å²) in [6, 6.07) is 23.1. The van der Waals surface area contributed by atoms with E-state index in [0.29, 0.717) is 35.7 Å². The molecular formula is C26H25N5O2S. The van der Waals surface area contributed by atoms with Crippen LogP contribution in [0.3, 0.4) is 0 Å². The highest BCUT2D eigenvalue weighted by molar-refractivity contribution is 7.99. The number of anilines is 1. The van der Waals surface area contributed by atoms with Gasteiger partial charge in [0.05, 0.1) is 23.2 Å². The minimum Gasteiger partial charge on any atom is -0.353 e. The zero-order valence-corrected chi connectivity index (χ0v) is 19.5. The number of carbonyl (C=O) groups is 1. The highest BCUT2D eigenvalue weighted by Gasteiger charge is 2.22. The predicted octanol–water partition coefficient (Wildman–Crippen LogP) is 3.28. The van der Waals surface area contributed by atoms with Crippen molar-refractivity contribution >= 4 is 34.4 Å². The fraction of sp³-hybridized carbons (Fsp3) is 0.231. The van der Waals surface area contributed by atoms with Crippen LogP contribution in [0.25, 0.3) is 10.9 Å². The van der Waals surface area contributed by atoms with Gasteiger partial charge in [-0.15, -0.1) is 0 Å². The monoisotopic (exact) mass is 471 g/mol. The molecule has 1 aliphatic heterocycles. The molecule has 2 aromatic heterocycles. The van der Waals surface area contributed by atoms with Gasteiger partial charge in [-0.1, -0.05) is 60.3 Å². The molecule has 34 heavy (non-hydrogen) atoms. The Morgan fingerprint density at radius 2 is 1.62 bits per heavy atom. The van der Waals surface area contributed by atoms with Crippen LogP contribution >= 0.6 is 11.8 Å². The summed E-state index contributed by atoms with van der Waals surface area (Å²) >= 11 is 1.33. The summed E-state index contributed by atoms with van der Waals surface area (Å²) in [7, 11) is 0. The molecule has 0 unspecified atom stereocenters. The molecule has 0 N–H and O–H groups in total. The second-order valence-electron chi connectivity index (χ2n) is 8.13. The molecule has 7 nitrogen and oxygen atoms in total. The summed E-state index contributed by atoms with van der Waals surface area (Å²) in [5.41, 5.74) is 1.57. The van der Waals surface area contributed by atoms with E-state index in [4.69, 9.17) is 4.98 Å². The largest absolute Gasteiger partial charge is 0.353 e. The maximum atomic E-state index is 13.3. The lowest BCUT2D eigenvalue weighted by Gasteiger charge is -2.35. The van der Waals surface area contributed by atoms with Gasteiger partial charge in [0.25, 0.3) is 5.56 Å². The number of benzene rings is 2. The lowest BCUT2D eigenvalue weighted by atomic mass is 10.2. The van der Waals surface area contributed by atoms with Crippen LogP contribution in [0, 0.1) is 0 Å². The summed E-state index contributed by atoms with van der Waals surface area (Å²) in [6.07, 6.45) is 1.79. The number of para-hydroxylation sites is 1. The summed E-state index contributed by atoms with van der Waals surface area (Å²) < 4.78 is 1.68. The third kappa shape index (κ3) is 4.82. The number of fused-ring (bicyclic) bond motifs is 1. The van der Waals surface area contributed by atoms with E-state index in [1.807, 2.05) is 71.6 Å². The Hall–Kier alpha value is -3.65. The van der Waals surface area contributed by atoms with E-state index in [2.05, 4.69) is 9.88 Å². The molecular weight excluding hydrogens is 446 g/mol. The van der Waals surface area contributed by atoms with Crippen molar-refractivity contribution in [3.63, 3.8) is 0 Å². The topological polar surface area (TPSA) is 71.3 Å². The Balaban J connectivity index is 1.31. The molecule has 0 spiro atoms. The first-order valence-electron chi connectivity index (χ1n) is 11.3. The molecule has 5 rings (SSSR count). The first-order valence-corrected chi connectivity index (χ1v) is 12.3. The first kappa shape index (κ1) is 22.2. The molecule has 4 aromatic rings. The van der Waals surface area contributed by atoms with Gasteiger partial charge in [0, 0.05) is 32.4 Å². The summed E-state index contributed by atoms with van der Waals surface area (Å²) in [6.45, 7) is 3.22. The Labute approximate surface area is 202 Å². The van der Waals surface area contributed by atoms with Crippen molar-refractivity contribution in [2.24, 2.45) is 0 Å². The number of piperazine rings is 1. The van der Waals surface area contributed by atoms with E-state index in [1.165, 1.54) is 11.8 Å². The molecule has 0 saturated carbocycles. The fourth-order valence-corrected chi connectivity index (χ4v) is 5.01. The average molecular weight is 472 g/mol. The van der Waals surface area contributed by atoms with E-state index in [1.54, 1.807) is 16.8 Å². The molecule has 1 saturated heterocycles. The Morgan fingerprint density at radius 3 is 2.38 bits per heavy atom. The zero-order chi connectivity index (χ0) is 23.3. The molecule has 172 valence electrons. The van der Waals surface area contributed by atoms with Crippen LogP contribution < -0.4 is 10.5 Å². The molecule has 0 bridgehead atoms. The maximum Gasteiger partial charge on any atom is 0.262 e. The highest BCUT2D eigenvalue weighted by atomic mass is 32.2. The molecule has 0 radical (unpaired) electrons. The van der Waals surface area contributed by atoms with Gasteiger partial charge in [0.2, 0.25) is 5.91 Å². The molecule has 0 aliphatic carbocycles. The van der Waals surface area contributed by atoms with Crippen LogP contribution in [0.2, 0.25) is 0 Å². The molecule has 3 heterocycles. The molecule has 2 aromatic carbocycles. The fourth-order valence-electron chi connectivity index (χ4n) is 4.11. The van der Waals surface area contributed by atoms with Gasteiger partial charge in [-0.05, 0) is 29.8 Å². The van der Waals surface area contributed by atoms with Gasteiger partial charge in [0.15, 0.2) is 5.16 Å². The van der Waals surface area contributed by atoms with Crippen molar-refractivity contribution in [2.75, 3.05) is 36.8 Å². The number of carbonyl (C=O) groups excluding carboxylic acids is 1. The molecule has 1 aliphatic rings. The third-order valence-corrected chi connectivity index (χ3v) is 6.90. The van der Waals surface area contributed by atoms with Gasteiger partial charge in [-0.25, -0.2) is 9.97 Å². The van der Waals surface area contributed by atoms with Gasteiger partial charge in [-0.3, -0.25) is 14.2 Å². The van der Waals surface area contributed by atoms with Gasteiger partial charge in [0.1, 0.15) is 5.82 Å². The minimum absolute atomic E-state index is 0.0549. The van der Waals surface area contributed by atoms with Crippen molar-refractivity contribution < 1.29 is 4.79 Å². The van der Waals surface area contributed by atoms with E-state index in [9.17, 15) is 9.59 Å². The van der Waals surface area contributed by atoms with Gasteiger partial charge < -0.3 is 9.80 Å². The number of pyridine rings is 1. The zero-order valence-electron chi connectivity index (χ0n) is 18.7. The number of hydrogen-bond donors (Lipinski definition) is 0. The minimum atomic E-state index is -0.0895. The van der Waals surface area contributed by atoms with E-state index >= 15 is 0 Å². The number of aromatic nitrogens is 3. The van der Waals surface area contributed by atoms with Crippen LogP contribution in [0.1, 0.15) is 5.56 Å². The number of rotatable bonds is 6. The SMILES string of the molecule is O=C(CSc1nc2ccccc2c(=O)n1Cc1ccccc1)N1CCN(c2ccccn2)CC1. The molecule has 1 fully saturated rings. The lowest BCUT2D eigenvalue weighted by molar-refractivity contribution is -0.128. The quantitative estimate of drug-likeness (QED) is 0.318. The number of hydrogen-bond acceptors (Lipinski definition) is 6. The Bertz CT molecular complexity index is 1340. The van der Waals surface area contributed by atoms with Crippen LogP contribution in [-0.4, -0.2) is 57.3 Å². The van der Waals surface area contributed by atoms with Crippen molar-refractivity contribution in [1.82, 2.24) is 19.4 Å². The number of thioether (sulfide) groups is 1. The first-order chi connectivity index (χ1) is 16.7. The van der Waals surface area contributed by atoms with Crippen LogP contribution in [0.4, 0.5) is 5.82 Å². The van der Waals surface area contributed by atoms with E-state index < -0.39 is 0 Å². The van der Waals surface area contributed by atoms with Crippen LogP contribution in [-0.2, 0) is 11.3 Å². The Morgan fingerprint density at radius 1 is 0.882 bits per heavy atom. The predicted molar refractivity (Wildman–Crippen MR) is 135 cm³/mol. The van der Waals surface area contributed by atoms with Crippen molar-refractivity contribution in [3.05, 3.63) is 94.9 Å². The molecule has 8 heteroatoms. The van der Waals surface area contributed by atoms with Crippen LogP contribution in [0.5, 0.6) is 0 Å². The van der Waals surface area contributed by atoms with Crippen LogP contribution in [0.15, 0.2) is 88.9 Å². The lowest BCUT2D eigenvalue weighted by Crippen LogP contribution is -2.49. The van der Waals surface area contributed by atoms with Crippen molar-refractivity contribution in [2.45, 2.75) is 11.7 Å². The normalized spacial score (nSPS) is 13.9. The van der Waals surface area contributed by atoms with E-state index in [0.717, 1.165) is 24.5 Å². The second-order valence-corrected chi connectivity index (χ2v) is 9.08. The summed E-state index contributed by atoms with van der Waals surface area (Å²) in [5.74, 6) is 1.23. The number of nitrogens with zero attached hydrogens (tertiary/aromatic N) is 5. The van der Waals surface area contributed by atoms with Gasteiger partial charge in [-0.2, -0.15) is 0 Å². The molecule has 0 atom stereocenters. The standard InChI is InChI=1S/C26H25N5O2S/c32-24(30-16-14-29(15-17-30)23-12-6-7-13-27-23)19-34-26-28-22-11-5-4-10-21(22)25(33)31(26)18-20-8-2-1-3-9-20/h1-13H,14-19H2. The highest BCUT2D eigenvalue weighted by Crippen LogP contribution is 2.20. The number of amides is 1. The Kier molecular flexibility index (Phi) is 6.58. The van der Waals surface area contributed by atoms with Gasteiger partial charge >= 0.3 is 0 Å². The van der Waals surface area contributed by atoms with Crippen molar-refractivity contribution in [3.8, 4) is 0 Å². The molecule has 1 amide bonds. The van der Waals surface area contributed by atoms with Crippen molar-refractivity contribution in [1.29, 1.82) is 0 Å². The third-order valence-electron chi connectivity index (χ3n) is 5.94. The smallest absolute Gasteiger partial charge is 0.262 e. The maximum absolute atomic E-state index is 13.3. The summed E-state index contributed by atoms with van der Waals surface area (Å²) in [4.78, 5) is 39.5. The average Bonchev–Trinajstić information content (AvgIpc) is 2.90.